The highest BCUT2D eigenvalue weighted by Gasteiger charge is 2.09. The molecule has 2 heterocycles. The predicted octanol–water partition coefficient (Wildman–Crippen LogP) is 3.30. The fourth-order valence-corrected chi connectivity index (χ4v) is 2.92. The third kappa shape index (κ3) is 4.52. The summed E-state index contributed by atoms with van der Waals surface area (Å²) in [7, 11) is 0. The van der Waals surface area contributed by atoms with Crippen LogP contribution < -0.4 is 10.6 Å². The lowest BCUT2D eigenvalue weighted by molar-refractivity contribution is 0.252. The molecule has 9 nitrogen and oxygen atoms in total. The zero-order valence-electron chi connectivity index (χ0n) is 16.7. The number of carbonyl (C=O) groups is 1. The second-order valence-corrected chi connectivity index (χ2v) is 6.83. The molecule has 9 heteroatoms. The molecule has 0 aliphatic rings. The van der Waals surface area contributed by atoms with E-state index in [4.69, 9.17) is 4.42 Å². The van der Waals surface area contributed by atoms with E-state index in [0.29, 0.717) is 30.4 Å². The molecule has 0 atom stereocenters. The molecule has 2 N–H and O–H groups in total. The number of hydrogen-bond acceptors (Lipinski definition) is 6. The Morgan fingerprint density at radius 3 is 2.73 bits per heavy atom. The maximum Gasteiger partial charge on any atom is 0.319 e. The largest absolute Gasteiger partial charge is 0.444 e. The van der Waals surface area contributed by atoms with Crippen molar-refractivity contribution in [3.05, 3.63) is 71.9 Å². The van der Waals surface area contributed by atoms with Crippen LogP contribution in [0.25, 0.3) is 17.1 Å². The second-order valence-electron chi connectivity index (χ2n) is 6.83. The van der Waals surface area contributed by atoms with Gasteiger partial charge < -0.3 is 15.1 Å². The Hall–Kier alpha value is -4.01. The minimum atomic E-state index is -0.303. The molecule has 4 rings (SSSR count). The van der Waals surface area contributed by atoms with Crippen LogP contribution in [0.5, 0.6) is 0 Å². The maximum atomic E-state index is 12.2. The summed E-state index contributed by atoms with van der Waals surface area (Å²) in [6.45, 7) is 4.27. The van der Waals surface area contributed by atoms with Crippen LogP contribution in [-0.2, 0) is 6.42 Å². The molecule has 0 fully saturated rings. The molecule has 2 amide bonds. The lowest BCUT2D eigenvalue weighted by Gasteiger charge is -2.08. The minimum Gasteiger partial charge on any atom is -0.444 e. The average Bonchev–Trinajstić information content (AvgIpc) is 3.38. The van der Waals surface area contributed by atoms with Gasteiger partial charge in [0.15, 0.2) is 5.82 Å². The molecule has 0 spiro atoms. The van der Waals surface area contributed by atoms with Gasteiger partial charge in [0.25, 0.3) is 0 Å². The maximum absolute atomic E-state index is 12.2. The zero-order chi connectivity index (χ0) is 20.9. The number of anilines is 1. The number of oxazole rings is 1. The van der Waals surface area contributed by atoms with Crippen molar-refractivity contribution in [1.29, 1.82) is 0 Å². The molecule has 0 saturated carbocycles. The van der Waals surface area contributed by atoms with E-state index in [1.807, 2.05) is 43.3 Å². The van der Waals surface area contributed by atoms with E-state index >= 15 is 0 Å². The average molecular weight is 403 g/mol. The highest BCUT2D eigenvalue weighted by molar-refractivity contribution is 5.89. The summed E-state index contributed by atoms with van der Waals surface area (Å²) in [5.74, 6) is 1.23. The lowest BCUT2D eigenvalue weighted by atomic mass is 10.1. The summed E-state index contributed by atoms with van der Waals surface area (Å²) in [6, 6.07) is 15.0. The molecule has 0 aliphatic heterocycles. The number of hydrogen-bond donors (Lipinski definition) is 2. The van der Waals surface area contributed by atoms with Crippen molar-refractivity contribution < 1.29 is 9.21 Å². The second kappa shape index (κ2) is 8.56. The van der Waals surface area contributed by atoms with Gasteiger partial charge in [-0.05, 0) is 54.6 Å². The van der Waals surface area contributed by atoms with E-state index in [-0.39, 0.29) is 6.03 Å². The number of benzene rings is 2. The standard InChI is InChI=1S/C21H21N7O2/c1-14-6-8-16(9-7-14)20-23-18(13-30-20)10-11-22-21(29)24-17-4-3-5-19(12-17)28-15(2)25-26-27-28/h3-9,12-13H,10-11H2,1-2H3,(H2,22,24,29). The SMILES string of the molecule is Cc1ccc(-c2nc(CCNC(=O)Nc3cccc(-n4nnnc4C)c3)co2)cc1. The van der Waals surface area contributed by atoms with Gasteiger partial charge in [-0.1, -0.05) is 23.8 Å². The van der Waals surface area contributed by atoms with Gasteiger partial charge >= 0.3 is 6.03 Å². The van der Waals surface area contributed by atoms with Gasteiger partial charge in [0.1, 0.15) is 6.26 Å². The Morgan fingerprint density at radius 2 is 1.97 bits per heavy atom. The van der Waals surface area contributed by atoms with E-state index in [2.05, 4.69) is 31.1 Å². The summed E-state index contributed by atoms with van der Waals surface area (Å²) in [6.07, 6.45) is 2.18. The molecule has 30 heavy (non-hydrogen) atoms. The normalized spacial score (nSPS) is 10.7. The minimum absolute atomic E-state index is 0.303. The number of aromatic nitrogens is 5. The summed E-state index contributed by atoms with van der Waals surface area (Å²) < 4.78 is 7.14. The monoisotopic (exact) mass is 403 g/mol. The Kier molecular flexibility index (Phi) is 5.51. The van der Waals surface area contributed by atoms with Crippen molar-refractivity contribution in [2.24, 2.45) is 0 Å². The van der Waals surface area contributed by atoms with E-state index in [1.54, 1.807) is 30.0 Å². The first-order chi connectivity index (χ1) is 14.6. The number of carbonyl (C=O) groups excluding carboxylic acids is 1. The first-order valence-electron chi connectivity index (χ1n) is 9.50. The van der Waals surface area contributed by atoms with E-state index in [9.17, 15) is 4.79 Å². The van der Waals surface area contributed by atoms with Crippen LogP contribution >= 0.6 is 0 Å². The molecule has 152 valence electrons. The highest BCUT2D eigenvalue weighted by atomic mass is 16.3. The number of rotatable bonds is 6. The molecule has 0 radical (unpaired) electrons. The summed E-state index contributed by atoms with van der Waals surface area (Å²) >= 11 is 0. The number of nitrogens with zero attached hydrogens (tertiary/aromatic N) is 5. The Labute approximate surface area is 173 Å². The zero-order valence-corrected chi connectivity index (χ0v) is 16.7. The van der Waals surface area contributed by atoms with Gasteiger partial charge in [0.2, 0.25) is 5.89 Å². The molecule has 4 aromatic rings. The molecule has 0 bridgehead atoms. The van der Waals surface area contributed by atoms with E-state index < -0.39 is 0 Å². The fourth-order valence-electron chi connectivity index (χ4n) is 2.92. The highest BCUT2D eigenvalue weighted by Crippen LogP contribution is 2.19. The Bertz CT molecular complexity index is 1150. The lowest BCUT2D eigenvalue weighted by Crippen LogP contribution is -2.30. The molecular formula is C21H21N7O2. The molecule has 0 aliphatic carbocycles. The summed E-state index contributed by atoms with van der Waals surface area (Å²) in [4.78, 5) is 16.7. The van der Waals surface area contributed by atoms with Crippen molar-refractivity contribution >= 4 is 11.7 Å². The Morgan fingerprint density at radius 1 is 1.13 bits per heavy atom. The molecule has 0 saturated heterocycles. The van der Waals surface area contributed by atoms with Crippen molar-refractivity contribution in [1.82, 2.24) is 30.5 Å². The number of nitrogens with one attached hydrogen (secondary N) is 2. The van der Waals surface area contributed by atoms with Gasteiger partial charge in [0.05, 0.1) is 11.4 Å². The molecule has 2 aromatic heterocycles. The van der Waals surface area contributed by atoms with Crippen LogP contribution in [0.15, 0.2) is 59.2 Å². The smallest absolute Gasteiger partial charge is 0.319 e. The van der Waals surface area contributed by atoms with Crippen LogP contribution in [0, 0.1) is 13.8 Å². The van der Waals surface area contributed by atoms with Crippen LogP contribution in [0.2, 0.25) is 0 Å². The van der Waals surface area contributed by atoms with Crippen molar-refractivity contribution in [3.63, 3.8) is 0 Å². The number of aryl methyl sites for hydroxylation is 2. The first-order valence-corrected chi connectivity index (χ1v) is 9.50. The van der Waals surface area contributed by atoms with Gasteiger partial charge in [-0.25, -0.2) is 9.78 Å². The quantitative estimate of drug-likeness (QED) is 0.511. The summed E-state index contributed by atoms with van der Waals surface area (Å²) in [5.41, 5.74) is 4.29. The van der Waals surface area contributed by atoms with Crippen LogP contribution in [-0.4, -0.2) is 37.8 Å². The van der Waals surface area contributed by atoms with Gasteiger partial charge in [-0.3, -0.25) is 0 Å². The molecule has 0 unspecified atom stereocenters. The first kappa shape index (κ1) is 19.3. The molecular weight excluding hydrogens is 382 g/mol. The molecule has 2 aromatic carbocycles. The van der Waals surface area contributed by atoms with Crippen LogP contribution in [0.3, 0.4) is 0 Å². The van der Waals surface area contributed by atoms with Crippen LogP contribution in [0.1, 0.15) is 17.1 Å². The van der Waals surface area contributed by atoms with Gasteiger partial charge in [0, 0.05) is 24.2 Å². The van der Waals surface area contributed by atoms with Gasteiger partial charge in [-0.2, -0.15) is 4.68 Å². The number of amides is 2. The van der Waals surface area contributed by atoms with Crippen LogP contribution in [0.4, 0.5) is 10.5 Å². The van der Waals surface area contributed by atoms with Crippen molar-refractivity contribution in [3.8, 4) is 17.1 Å². The Balaban J connectivity index is 1.30. The van der Waals surface area contributed by atoms with Gasteiger partial charge in [-0.15, -0.1) is 5.10 Å². The topological polar surface area (TPSA) is 111 Å². The summed E-state index contributed by atoms with van der Waals surface area (Å²) in [5, 5.41) is 17.1. The van der Waals surface area contributed by atoms with E-state index in [1.165, 1.54) is 5.56 Å². The predicted molar refractivity (Wildman–Crippen MR) is 111 cm³/mol. The van der Waals surface area contributed by atoms with Crippen molar-refractivity contribution in [2.45, 2.75) is 20.3 Å². The third-order valence-electron chi connectivity index (χ3n) is 4.49. The van der Waals surface area contributed by atoms with Crippen molar-refractivity contribution in [2.75, 3.05) is 11.9 Å². The third-order valence-corrected chi connectivity index (χ3v) is 4.49. The fraction of sp³-hybridized carbons (Fsp3) is 0.190. The van der Waals surface area contributed by atoms with E-state index in [0.717, 1.165) is 16.9 Å². The number of urea groups is 1. The number of tetrazole rings is 1.